The van der Waals surface area contributed by atoms with Gasteiger partial charge in [-0.3, -0.25) is 9.80 Å². The molecule has 22 heavy (non-hydrogen) atoms. The average molecular weight is 304 g/mol. The van der Waals surface area contributed by atoms with E-state index >= 15 is 0 Å². The van der Waals surface area contributed by atoms with Crippen molar-refractivity contribution in [3.05, 3.63) is 24.3 Å². The van der Waals surface area contributed by atoms with Gasteiger partial charge in [0.25, 0.3) is 0 Å². The fourth-order valence-electron chi connectivity index (χ4n) is 3.58. The molecule has 0 amide bonds. The van der Waals surface area contributed by atoms with Crippen LogP contribution in [0.1, 0.15) is 26.2 Å². The molecule has 4 nitrogen and oxygen atoms in total. The van der Waals surface area contributed by atoms with Crippen molar-refractivity contribution in [2.75, 3.05) is 39.9 Å². The van der Waals surface area contributed by atoms with E-state index in [1.807, 2.05) is 24.3 Å². The van der Waals surface area contributed by atoms with Crippen molar-refractivity contribution in [2.45, 2.75) is 38.3 Å². The summed E-state index contributed by atoms with van der Waals surface area (Å²) >= 11 is 0. The quantitative estimate of drug-likeness (QED) is 0.806. The van der Waals surface area contributed by atoms with Gasteiger partial charge in [-0.2, -0.15) is 0 Å². The van der Waals surface area contributed by atoms with Crippen LogP contribution >= 0.6 is 0 Å². The molecule has 2 heterocycles. The van der Waals surface area contributed by atoms with E-state index < -0.39 is 0 Å². The Balaban J connectivity index is 1.36. The summed E-state index contributed by atoms with van der Waals surface area (Å²) in [6.45, 7) is 7.83. The third-order valence-corrected chi connectivity index (χ3v) is 4.98. The first-order valence-corrected chi connectivity index (χ1v) is 8.51. The third-order valence-electron chi connectivity index (χ3n) is 4.98. The molecule has 0 bridgehead atoms. The summed E-state index contributed by atoms with van der Waals surface area (Å²) in [6, 6.07) is 9.37. The molecule has 3 rings (SSSR count). The molecule has 0 radical (unpaired) electrons. The highest BCUT2D eigenvalue weighted by Crippen LogP contribution is 2.24. The first-order chi connectivity index (χ1) is 10.8. The maximum Gasteiger partial charge on any atom is 0.123 e. The molecule has 2 fully saturated rings. The SMILES string of the molecule is COc1cccc(OCCN2CC(N3CCCCC3C)C2)c1. The first-order valence-electron chi connectivity index (χ1n) is 8.51. The Bertz CT molecular complexity index is 474. The van der Waals surface area contributed by atoms with Gasteiger partial charge in [0.1, 0.15) is 18.1 Å². The van der Waals surface area contributed by atoms with Gasteiger partial charge < -0.3 is 9.47 Å². The normalized spacial score (nSPS) is 24.0. The molecule has 122 valence electrons. The summed E-state index contributed by atoms with van der Waals surface area (Å²) in [5.41, 5.74) is 0. The molecule has 1 unspecified atom stereocenters. The predicted molar refractivity (Wildman–Crippen MR) is 88.7 cm³/mol. The van der Waals surface area contributed by atoms with Crippen molar-refractivity contribution in [3.63, 3.8) is 0 Å². The fourth-order valence-corrected chi connectivity index (χ4v) is 3.58. The molecule has 1 atom stereocenters. The van der Waals surface area contributed by atoms with Gasteiger partial charge in [0, 0.05) is 37.8 Å². The van der Waals surface area contributed by atoms with Crippen molar-refractivity contribution >= 4 is 0 Å². The molecular weight excluding hydrogens is 276 g/mol. The summed E-state index contributed by atoms with van der Waals surface area (Å²) < 4.78 is 11.0. The second kappa shape index (κ2) is 7.34. The monoisotopic (exact) mass is 304 g/mol. The minimum absolute atomic E-state index is 0.745. The number of benzene rings is 1. The van der Waals surface area contributed by atoms with Gasteiger partial charge in [-0.15, -0.1) is 0 Å². The van der Waals surface area contributed by atoms with Crippen LogP contribution in [0.3, 0.4) is 0 Å². The first kappa shape index (κ1) is 15.6. The molecule has 0 aliphatic carbocycles. The lowest BCUT2D eigenvalue weighted by molar-refractivity contribution is -0.00692. The van der Waals surface area contributed by atoms with Crippen LogP contribution in [0.15, 0.2) is 24.3 Å². The zero-order chi connectivity index (χ0) is 15.4. The van der Waals surface area contributed by atoms with E-state index in [9.17, 15) is 0 Å². The van der Waals surface area contributed by atoms with Crippen molar-refractivity contribution in [1.82, 2.24) is 9.80 Å². The van der Waals surface area contributed by atoms with Crippen LogP contribution in [0.4, 0.5) is 0 Å². The van der Waals surface area contributed by atoms with Crippen LogP contribution in [0, 0.1) is 0 Å². The molecule has 2 saturated heterocycles. The highest BCUT2D eigenvalue weighted by molar-refractivity contribution is 5.32. The minimum Gasteiger partial charge on any atom is -0.497 e. The summed E-state index contributed by atoms with van der Waals surface area (Å²) in [4.78, 5) is 5.20. The van der Waals surface area contributed by atoms with E-state index in [1.165, 1.54) is 38.9 Å². The van der Waals surface area contributed by atoms with Crippen molar-refractivity contribution in [1.29, 1.82) is 0 Å². The molecule has 1 aromatic rings. The summed E-state index contributed by atoms with van der Waals surface area (Å²) in [6.07, 6.45) is 4.15. The molecule has 0 N–H and O–H groups in total. The lowest BCUT2D eigenvalue weighted by Crippen LogP contribution is -2.62. The van der Waals surface area contributed by atoms with E-state index in [1.54, 1.807) is 7.11 Å². The van der Waals surface area contributed by atoms with Crippen LogP contribution < -0.4 is 9.47 Å². The van der Waals surface area contributed by atoms with E-state index in [4.69, 9.17) is 9.47 Å². The molecule has 2 aliphatic heterocycles. The second-order valence-corrected chi connectivity index (χ2v) is 6.52. The standard InChI is InChI=1S/C18H28N2O2/c1-15-6-3-4-9-20(15)16-13-19(14-16)10-11-22-18-8-5-7-17(12-18)21-2/h5,7-8,12,15-16H,3-4,6,9-11,13-14H2,1-2H3. The van der Waals surface area contributed by atoms with Gasteiger partial charge in [0.15, 0.2) is 0 Å². The molecule has 0 aromatic heterocycles. The third kappa shape index (κ3) is 3.73. The number of piperidine rings is 1. The fraction of sp³-hybridized carbons (Fsp3) is 0.667. The summed E-state index contributed by atoms with van der Waals surface area (Å²) in [5, 5.41) is 0. The Morgan fingerprint density at radius 2 is 2.00 bits per heavy atom. The summed E-state index contributed by atoms with van der Waals surface area (Å²) in [7, 11) is 1.68. The highest BCUT2D eigenvalue weighted by Gasteiger charge is 2.34. The highest BCUT2D eigenvalue weighted by atomic mass is 16.5. The van der Waals surface area contributed by atoms with Crippen LogP contribution in [-0.2, 0) is 0 Å². The molecule has 1 aromatic carbocycles. The zero-order valence-corrected chi connectivity index (χ0v) is 13.8. The number of methoxy groups -OCH3 is 1. The predicted octanol–water partition coefficient (Wildman–Crippen LogP) is 2.63. The number of likely N-dealkylation sites (tertiary alicyclic amines) is 2. The van der Waals surface area contributed by atoms with Crippen molar-refractivity contribution in [2.24, 2.45) is 0 Å². The van der Waals surface area contributed by atoms with Gasteiger partial charge >= 0.3 is 0 Å². The lowest BCUT2D eigenvalue weighted by atomic mass is 9.97. The molecule has 2 aliphatic rings. The van der Waals surface area contributed by atoms with E-state index in [0.717, 1.165) is 36.7 Å². The van der Waals surface area contributed by atoms with Crippen molar-refractivity contribution in [3.8, 4) is 11.5 Å². The topological polar surface area (TPSA) is 24.9 Å². The van der Waals surface area contributed by atoms with E-state index in [-0.39, 0.29) is 0 Å². The Labute approximate surface area is 134 Å². The second-order valence-electron chi connectivity index (χ2n) is 6.52. The Morgan fingerprint density at radius 1 is 1.18 bits per heavy atom. The van der Waals surface area contributed by atoms with E-state index in [2.05, 4.69) is 16.7 Å². The number of hydrogen-bond acceptors (Lipinski definition) is 4. The number of ether oxygens (including phenoxy) is 2. The summed E-state index contributed by atoms with van der Waals surface area (Å²) in [5.74, 6) is 1.74. The zero-order valence-electron chi connectivity index (χ0n) is 13.8. The molecule has 0 saturated carbocycles. The van der Waals surface area contributed by atoms with Gasteiger partial charge in [-0.25, -0.2) is 0 Å². The maximum atomic E-state index is 5.82. The van der Waals surface area contributed by atoms with E-state index in [0.29, 0.717) is 0 Å². The van der Waals surface area contributed by atoms with Crippen LogP contribution in [0.5, 0.6) is 11.5 Å². The average Bonchev–Trinajstić information content (AvgIpc) is 2.51. The smallest absolute Gasteiger partial charge is 0.123 e. The van der Waals surface area contributed by atoms with Gasteiger partial charge in [0.05, 0.1) is 7.11 Å². The Hall–Kier alpha value is -1.26. The lowest BCUT2D eigenvalue weighted by Gasteiger charge is -2.49. The van der Waals surface area contributed by atoms with Crippen LogP contribution in [0.2, 0.25) is 0 Å². The number of nitrogens with zero attached hydrogens (tertiary/aromatic N) is 2. The molecule has 4 heteroatoms. The number of rotatable bonds is 6. The van der Waals surface area contributed by atoms with Crippen LogP contribution in [0.25, 0.3) is 0 Å². The molecule has 0 spiro atoms. The molecular formula is C18H28N2O2. The van der Waals surface area contributed by atoms with Crippen molar-refractivity contribution < 1.29 is 9.47 Å². The largest absolute Gasteiger partial charge is 0.497 e. The van der Waals surface area contributed by atoms with Gasteiger partial charge in [-0.1, -0.05) is 12.5 Å². The van der Waals surface area contributed by atoms with Crippen LogP contribution in [-0.4, -0.2) is 61.8 Å². The maximum absolute atomic E-state index is 5.82. The Kier molecular flexibility index (Phi) is 5.21. The Morgan fingerprint density at radius 3 is 2.77 bits per heavy atom. The van der Waals surface area contributed by atoms with Gasteiger partial charge in [0.2, 0.25) is 0 Å². The van der Waals surface area contributed by atoms with Gasteiger partial charge in [-0.05, 0) is 38.4 Å². The minimum atomic E-state index is 0.745. The number of hydrogen-bond donors (Lipinski definition) is 0.